The number of halogens is 3. The Morgan fingerprint density at radius 3 is 2.76 bits per heavy atom. The number of H-pyrrole nitrogens is 1. The van der Waals surface area contributed by atoms with E-state index in [0.717, 1.165) is 67.1 Å². The van der Waals surface area contributed by atoms with E-state index in [1.807, 2.05) is 23.1 Å². The molecule has 13 heteroatoms. The summed E-state index contributed by atoms with van der Waals surface area (Å²) in [6.07, 6.45) is 6.12. The highest BCUT2D eigenvalue weighted by molar-refractivity contribution is 5.90. The van der Waals surface area contributed by atoms with Crippen molar-refractivity contribution in [3.05, 3.63) is 54.4 Å². The lowest BCUT2D eigenvalue weighted by atomic mass is 9.69. The zero-order valence-corrected chi connectivity index (χ0v) is 22.5. The van der Waals surface area contributed by atoms with E-state index in [4.69, 9.17) is 4.74 Å². The van der Waals surface area contributed by atoms with Crippen molar-refractivity contribution in [3.8, 4) is 17.3 Å². The Hall–Kier alpha value is -4.02. The second kappa shape index (κ2) is 10.8. The van der Waals surface area contributed by atoms with Crippen molar-refractivity contribution in [2.24, 2.45) is 0 Å². The molecule has 0 atom stereocenters. The first-order chi connectivity index (χ1) is 19.8. The van der Waals surface area contributed by atoms with Crippen LogP contribution in [0.25, 0.3) is 22.3 Å². The quantitative estimate of drug-likeness (QED) is 0.315. The summed E-state index contributed by atoms with van der Waals surface area (Å²) >= 11 is 0. The zero-order valence-electron chi connectivity index (χ0n) is 22.5. The van der Waals surface area contributed by atoms with E-state index in [-0.39, 0.29) is 24.0 Å². The molecular formula is C28H30F3N9O. The first-order valence-corrected chi connectivity index (χ1v) is 13.6. The third-order valence-corrected chi connectivity index (χ3v) is 8.22. The molecule has 0 spiro atoms. The molecule has 214 valence electrons. The van der Waals surface area contributed by atoms with Crippen molar-refractivity contribution >= 4 is 16.9 Å². The molecule has 0 amide bonds. The number of hydrogen-bond donors (Lipinski definition) is 2. The summed E-state index contributed by atoms with van der Waals surface area (Å²) in [5.41, 5.74) is 1.56. The molecule has 1 saturated carbocycles. The molecule has 10 nitrogen and oxygen atoms in total. The number of anilines is 1. The van der Waals surface area contributed by atoms with Gasteiger partial charge < -0.3 is 19.9 Å². The predicted octanol–water partition coefficient (Wildman–Crippen LogP) is 4.73. The van der Waals surface area contributed by atoms with E-state index in [0.29, 0.717) is 18.0 Å². The fourth-order valence-electron chi connectivity index (χ4n) is 6.12. The molecule has 1 aliphatic heterocycles. The van der Waals surface area contributed by atoms with Crippen LogP contribution in [0.4, 0.5) is 19.0 Å². The number of aromatic nitrogens is 6. The fraction of sp³-hybridized carbons (Fsp3) is 0.464. The number of alkyl halides is 3. The van der Waals surface area contributed by atoms with Gasteiger partial charge in [-0.25, -0.2) is 15.0 Å². The highest BCUT2D eigenvalue weighted by Crippen LogP contribution is 2.45. The SMILES string of the molecule is COCc1cc(NC2CCN([C@H]3C[C@](CC#N)(n4cc(-c5ncnc6[nH]ccc56)cn4)C3)CC2)nc(C(F)(F)F)c1. The molecule has 0 aromatic carbocycles. The van der Waals surface area contributed by atoms with Gasteiger partial charge >= 0.3 is 6.18 Å². The summed E-state index contributed by atoms with van der Waals surface area (Å²) < 4.78 is 47.0. The highest BCUT2D eigenvalue weighted by atomic mass is 19.4. The van der Waals surface area contributed by atoms with Crippen LogP contribution >= 0.6 is 0 Å². The van der Waals surface area contributed by atoms with Gasteiger partial charge in [-0.2, -0.15) is 23.5 Å². The average molecular weight is 566 g/mol. The Bertz CT molecular complexity index is 1560. The van der Waals surface area contributed by atoms with E-state index in [1.165, 1.54) is 13.4 Å². The molecule has 5 heterocycles. The summed E-state index contributed by atoms with van der Waals surface area (Å²) in [5, 5.41) is 18.4. The molecule has 1 saturated heterocycles. The maximum absolute atomic E-state index is 13.4. The number of rotatable bonds is 8. The second-order valence-corrected chi connectivity index (χ2v) is 10.9. The van der Waals surface area contributed by atoms with Gasteiger partial charge in [0, 0.05) is 55.6 Å². The van der Waals surface area contributed by atoms with Gasteiger partial charge in [0.15, 0.2) is 0 Å². The minimum atomic E-state index is -4.53. The largest absolute Gasteiger partial charge is 0.433 e. The Morgan fingerprint density at radius 2 is 2.02 bits per heavy atom. The molecule has 0 radical (unpaired) electrons. The molecular weight excluding hydrogens is 535 g/mol. The fourth-order valence-corrected chi connectivity index (χ4v) is 6.12. The monoisotopic (exact) mass is 565 g/mol. The number of nitrogens with one attached hydrogen (secondary N) is 2. The lowest BCUT2D eigenvalue weighted by Crippen LogP contribution is -2.58. The number of pyridine rings is 1. The number of likely N-dealkylation sites (tertiary alicyclic amines) is 1. The van der Waals surface area contributed by atoms with Gasteiger partial charge in [0.05, 0.1) is 36.5 Å². The Balaban J connectivity index is 1.09. The van der Waals surface area contributed by atoms with Gasteiger partial charge in [-0.05, 0) is 49.4 Å². The van der Waals surface area contributed by atoms with Crippen LogP contribution in [0.15, 0.2) is 43.1 Å². The number of nitriles is 1. The predicted molar refractivity (Wildman–Crippen MR) is 145 cm³/mol. The summed E-state index contributed by atoms with van der Waals surface area (Å²) in [6, 6.07) is 7.27. The van der Waals surface area contributed by atoms with Crippen LogP contribution in [0.1, 0.15) is 43.4 Å². The molecule has 2 aliphatic rings. The maximum Gasteiger partial charge on any atom is 0.433 e. The van der Waals surface area contributed by atoms with Gasteiger partial charge in [0.25, 0.3) is 0 Å². The van der Waals surface area contributed by atoms with Gasteiger partial charge in [0.1, 0.15) is 23.5 Å². The van der Waals surface area contributed by atoms with Crippen molar-refractivity contribution in [2.45, 2.75) is 62.5 Å². The Morgan fingerprint density at radius 1 is 1.22 bits per heavy atom. The number of aromatic amines is 1. The van der Waals surface area contributed by atoms with E-state index in [2.05, 4.69) is 41.3 Å². The van der Waals surface area contributed by atoms with Crippen LogP contribution in [0.2, 0.25) is 0 Å². The molecule has 6 rings (SSSR count). The van der Waals surface area contributed by atoms with Gasteiger partial charge in [0.2, 0.25) is 0 Å². The topological polar surface area (TPSA) is 121 Å². The van der Waals surface area contributed by atoms with Crippen molar-refractivity contribution < 1.29 is 17.9 Å². The van der Waals surface area contributed by atoms with E-state index >= 15 is 0 Å². The van der Waals surface area contributed by atoms with Crippen LogP contribution in [0.5, 0.6) is 0 Å². The van der Waals surface area contributed by atoms with Crippen LogP contribution in [-0.4, -0.2) is 66.9 Å². The average Bonchev–Trinajstić information content (AvgIpc) is 3.61. The van der Waals surface area contributed by atoms with Crippen molar-refractivity contribution in [3.63, 3.8) is 0 Å². The summed E-state index contributed by atoms with van der Waals surface area (Å²) in [6.45, 7) is 1.70. The number of ether oxygens (including phenoxy) is 1. The number of hydrogen-bond acceptors (Lipinski definition) is 8. The van der Waals surface area contributed by atoms with Gasteiger partial charge in [-0.1, -0.05) is 0 Å². The van der Waals surface area contributed by atoms with Crippen molar-refractivity contribution in [1.82, 2.24) is 34.6 Å². The lowest BCUT2D eigenvalue weighted by Gasteiger charge is -2.52. The zero-order chi connectivity index (χ0) is 28.6. The van der Waals surface area contributed by atoms with E-state index in [9.17, 15) is 18.4 Å². The Kier molecular flexibility index (Phi) is 7.13. The molecule has 41 heavy (non-hydrogen) atoms. The number of fused-ring (bicyclic) bond motifs is 1. The van der Waals surface area contributed by atoms with Crippen LogP contribution in [0, 0.1) is 11.3 Å². The molecule has 4 aromatic rings. The molecule has 0 bridgehead atoms. The lowest BCUT2D eigenvalue weighted by molar-refractivity contribution is -0.141. The molecule has 4 aromatic heterocycles. The standard InChI is InChI=1S/C28H30F3N9O/c1-41-16-18-10-23(28(29,30)31)38-24(11-18)37-20-3-8-39(9-4-20)21-12-27(13-21,5-6-32)40-15-19(14-36-40)25-22-2-7-33-26(22)35-17-34-25/h2,7,10-11,14-15,17,20-21H,3-5,8-9,12-13,16H2,1H3,(H,37,38)(H,33,34,35)/t21-,27-. The number of piperidine rings is 1. The first-order valence-electron chi connectivity index (χ1n) is 13.6. The maximum atomic E-state index is 13.4. The third-order valence-electron chi connectivity index (χ3n) is 8.22. The van der Waals surface area contributed by atoms with Crippen LogP contribution in [0.3, 0.4) is 0 Å². The minimum Gasteiger partial charge on any atom is -0.380 e. The molecule has 1 aliphatic carbocycles. The Labute approximate surface area is 234 Å². The smallest absolute Gasteiger partial charge is 0.380 e. The first kappa shape index (κ1) is 27.2. The van der Waals surface area contributed by atoms with Gasteiger partial charge in [-0.15, -0.1) is 0 Å². The number of nitrogens with zero attached hydrogens (tertiary/aromatic N) is 7. The van der Waals surface area contributed by atoms with E-state index < -0.39 is 11.9 Å². The molecule has 0 unspecified atom stereocenters. The summed E-state index contributed by atoms with van der Waals surface area (Å²) in [4.78, 5) is 18.1. The minimum absolute atomic E-state index is 0.0216. The van der Waals surface area contributed by atoms with Crippen molar-refractivity contribution in [2.75, 3.05) is 25.5 Å². The van der Waals surface area contributed by atoms with Crippen LogP contribution in [-0.2, 0) is 23.1 Å². The highest BCUT2D eigenvalue weighted by Gasteiger charge is 2.49. The normalized spacial score (nSPS) is 22.0. The second-order valence-electron chi connectivity index (χ2n) is 10.9. The van der Waals surface area contributed by atoms with Crippen LogP contribution < -0.4 is 5.32 Å². The van der Waals surface area contributed by atoms with Crippen molar-refractivity contribution in [1.29, 1.82) is 5.26 Å². The van der Waals surface area contributed by atoms with E-state index in [1.54, 1.807) is 12.3 Å². The third kappa shape index (κ3) is 5.37. The summed E-state index contributed by atoms with van der Waals surface area (Å²) in [7, 11) is 1.45. The number of methoxy groups -OCH3 is 1. The molecule has 2 N–H and O–H groups in total. The van der Waals surface area contributed by atoms with Gasteiger partial charge in [-0.3, -0.25) is 4.68 Å². The summed E-state index contributed by atoms with van der Waals surface area (Å²) in [5.74, 6) is 0.220. The molecule has 2 fully saturated rings.